The number of carbonyl (C=O) groups is 1. The molecule has 1 aromatic carbocycles. The molecule has 0 aromatic heterocycles. The summed E-state index contributed by atoms with van der Waals surface area (Å²) in [5.41, 5.74) is 7.92. The number of ether oxygens (including phenoxy) is 1. The molecule has 2 N–H and O–H groups in total. The summed E-state index contributed by atoms with van der Waals surface area (Å²) in [5.74, 6) is 0.0563. The van der Waals surface area contributed by atoms with Gasteiger partial charge in [-0.15, -0.1) is 0 Å². The molecule has 0 bridgehead atoms. The van der Waals surface area contributed by atoms with Crippen LogP contribution in [0, 0.1) is 6.92 Å². The van der Waals surface area contributed by atoms with Crippen molar-refractivity contribution >= 4 is 5.91 Å². The molecule has 1 amide bonds. The number of rotatable bonds is 2. The van der Waals surface area contributed by atoms with E-state index in [0.29, 0.717) is 19.6 Å². The van der Waals surface area contributed by atoms with Crippen LogP contribution in [0.3, 0.4) is 0 Å². The molecule has 2 aliphatic rings. The lowest BCUT2D eigenvalue weighted by molar-refractivity contribution is -0.138. The van der Waals surface area contributed by atoms with Crippen LogP contribution < -0.4 is 5.73 Å². The van der Waals surface area contributed by atoms with Gasteiger partial charge in [-0.3, -0.25) is 4.79 Å². The molecule has 4 nitrogen and oxygen atoms in total. The van der Waals surface area contributed by atoms with Gasteiger partial charge in [0.1, 0.15) is 5.54 Å². The number of likely N-dealkylation sites (tertiary alicyclic amines) is 1. The van der Waals surface area contributed by atoms with E-state index in [1.54, 1.807) is 0 Å². The monoisotopic (exact) mass is 274 g/mol. The number of benzene rings is 1. The molecule has 20 heavy (non-hydrogen) atoms. The normalized spacial score (nSPS) is 29.9. The van der Waals surface area contributed by atoms with Crippen LogP contribution in [0.1, 0.15) is 36.4 Å². The highest BCUT2D eigenvalue weighted by atomic mass is 16.5. The Balaban J connectivity index is 1.86. The second-order valence-electron chi connectivity index (χ2n) is 5.97. The first-order chi connectivity index (χ1) is 9.62. The Bertz CT molecular complexity index is 509. The van der Waals surface area contributed by atoms with Crippen LogP contribution in [-0.4, -0.2) is 36.1 Å². The highest BCUT2D eigenvalue weighted by Crippen LogP contribution is 2.35. The fourth-order valence-corrected chi connectivity index (χ4v) is 3.33. The van der Waals surface area contributed by atoms with Gasteiger partial charge in [0, 0.05) is 13.2 Å². The number of amides is 1. The molecule has 2 aliphatic heterocycles. The Labute approximate surface area is 119 Å². The summed E-state index contributed by atoms with van der Waals surface area (Å²) in [5, 5.41) is 0. The molecular weight excluding hydrogens is 252 g/mol. The molecule has 0 aliphatic carbocycles. The molecule has 3 rings (SSSR count). The van der Waals surface area contributed by atoms with E-state index in [-0.39, 0.29) is 11.9 Å². The molecule has 2 heterocycles. The number of aryl methyl sites for hydroxylation is 1. The van der Waals surface area contributed by atoms with Gasteiger partial charge in [-0.05, 0) is 37.3 Å². The molecular formula is C16H22N2O2. The number of carbonyl (C=O) groups excluding carboxylic acids is 1. The largest absolute Gasteiger partial charge is 0.379 e. The molecule has 0 saturated carbocycles. The third-order valence-corrected chi connectivity index (χ3v) is 4.54. The summed E-state index contributed by atoms with van der Waals surface area (Å²) in [6.45, 7) is 3.85. The Morgan fingerprint density at radius 2 is 2.25 bits per heavy atom. The van der Waals surface area contributed by atoms with E-state index in [9.17, 15) is 4.79 Å². The number of hydrogen-bond acceptors (Lipinski definition) is 3. The highest BCUT2D eigenvalue weighted by molar-refractivity contribution is 5.87. The summed E-state index contributed by atoms with van der Waals surface area (Å²) < 4.78 is 5.33. The third-order valence-electron chi connectivity index (χ3n) is 4.54. The van der Waals surface area contributed by atoms with Gasteiger partial charge < -0.3 is 15.4 Å². The summed E-state index contributed by atoms with van der Waals surface area (Å²) in [7, 11) is 0. The maximum Gasteiger partial charge on any atom is 0.245 e. The van der Waals surface area contributed by atoms with E-state index in [1.165, 1.54) is 11.1 Å². The second kappa shape index (κ2) is 5.19. The van der Waals surface area contributed by atoms with Crippen molar-refractivity contribution in [3.63, 3.8) is 0 Å². The maximum atomic E-state index is 12.8. The van der Waals surface area contributed by atoms with Crippen molar-refractivity contribution in [1.29, 1.82) is 0 Å². The molecule has 108 valence electrons. The minimum atomic E-state index is -0.814. The molecule has 2 atom stereocenters. The lowest BCUT2D eigenvalue weighted by Gasteiger charge is -2.32. The van der Waals surface area contributed by atoms with Crippen molar-refractivity contribution in [2.45, 2.75) is 37.8 Å². The first-order valence-corrected chi connectivity index (χ1v) is 7.35. The van der Waals surface area contributed by atoms with Crippen molar-refractivity contribution in [1.82, 2.24) is 4.90 Å². The summed E-state index contributed by atoms with van der Waals surface area (Å²) in [6.07, 6.45) is 2.69. The lowest BCUT2D eigenvalue weighted by Crippen LogP contribution is -2.55. The zero-order valence-corrected chi connectivity index (χ0v) is 12.0. The molecule has 1 aromatic rings. The van der Waals surface area contributed by atoms with Gasteiger partial charge in [0.2, 0.25) is 5.91 Å². The third kappa shape index (κ3) is 2.23. The molecule has 2 unspecified atom stereocenters. The van der Waals surface area contributed by atoms with Crippen LogP contribution in [0.5, 0.6) is 0 Å². The molecule has 0 radical (unpaired) electrons. The van der Waals surface area contributed by atoms with Crippen LogP contribution in [0.25, 0.3) is 0 Å². The van der Waals surface area contributed by atoms with Crippen LogP contribution in [0.4, 0.5) is 0 Å². The van der Waals surface area contributed by atoms with E-state index in [2.05, 4.69) is 19.1 Å². The summed E-state index contributed by atoms with van der Waals surface area (Å²) in [6, 6.07) is 8.48. The quantitative estimate of drug-likeness (QED) is 0.894. The Hall–Kier alpha value is -1.39. The van der Waals surface area contributed by atoms with Gasteiger partial charge in [0.15, 0.2) is 0 Å². The minimum absolute atomic E-state index is 0.0563. The first-order valence-electron chi connectivity index (χ1n) is 7.35. The number of nitrogens with zero attached hydrogens (tertiary/aromatic N) is 1. The predicted octanol–water partition coefficient (Wildman–Crippen LogP) is 1.78. The summed E-state index contributed by atoms with van der Waals surface area (Å²) in [4.78, 5) is 14.8. The van der Waals surface area contributed by atoms with Crippen molar-refractivity contribution in [3.05, 3.63) is 35.4 Å². The predicted molar refractivity (Wildman–Crippen MR) is 77.2 cm³/mol. The summed E-state index contributed by atoms with van der Waals surface area (Å²) >= 11 is 0. The maximum absolute atomic E-state index is 12.8. The Morgan fingerprint density at radius 1 is 1.45 bits per heavy atom. The van der Waals surface area contributed by atoms with E-state index < -0.39 is 5.54 Å². The van der Waals surface area contributed by atoms with E-state index in [0.717, 1.165) is 19.4 Å². The minimum Gasteiger partial charge on any atom is -0.379 e. The Kier molecular flexibility index (Phi) is 3.52. The van der Waals surface area contributed by atoms with Gasteiger partial charge in [0.25, 0.3) is 0 Å². The average molecular weight is 274 g/mol. The van der Waals surface area contributed by atoms with Gasteiger partial charge in [-0.2, -0.15) is 0 Å². The van der Waals surface area contributed by atoms with Crippen molar-refractivity contribution in [2.75, 3.05) is 19.8 Å². The first kappa shape index (κ1) is 13.6. The average Bonchev–Trinajstić information content (AvgIpc) is 3.08. The van der Waals surface area contributed by atoms with Gasteiger partial charge >= 0.3 is 0 Å². The molecule has 2 fully saturated rings. The Morgan fingerprint density at radius 3 is 2.95 bits per heavy atom. The molecule has 4 heteroatoms. The van der Waals surface area contributed by atoms with Gasteiger partial charge in [-0.25, -0.2) is 0 Å². The van der Waals surface area contributed by atoms with Gasteiger partial charge in [-0.1, -0.05) is 24.3 Å². The van der Waals surface area contributed by atoms with Crippen LogP contribution in [0.2, 0.25) is 0 Å². The number of hydrogen-bond donors (Lipinski definition) is 1. The van der Waals surface area contributed by atoms with Crippen molar-refractivity contribution in [2.24, 2.45) is 5.73 Å². The van der Waals surface area contributed by atoms with E-state index >= 15 is 0 Å². The topological polar surface area (TPSA) is 55.6 Å². The van der Waals surface area contributed by atoms with Crippen molar-refractivity contribution < 1.29 is 9.53 Å². The smallest absolute Gasteiger partial charge is 0.245 e. The van der Waals surface area contributed by atoms with Crippen LogP contribution in [-0.2, 0) is 9.53 Å². The zero-order chi connectivity index (χ0) is 14.2. The fraction of sp³-hybridized carbons (Fsp3) is 0.562. The second-order valence-corrected chi connectivity index (χ2v) is 5.97. The molecule has 0 spiro atoms. The number of nitrogens with two attached hydrogens (primary N) is 1. The van der Waals surface area contributed by atoms with Crippen molar-refractivity contribution in [3.8, 4) is 0 Å². The van der Waals surface area contributed by atoms with Gasteiger partial charge in [0.05, 0.1) is 12.6 Å². The standard InChI is InChI=1S/C16H22N2O2/c1-12-5-2-3-6-13(12)14-7-4-9-18(14)15(19)16(17)8-10-20-11-16/h2-3,5-6,14H,4,7-11,17H2,1H3. The molecule has 2 saturated heterocycles. The SMILES string of the molecule is Cc1ccccc1C1CCCN1C(=O)C1(N)CCOC1. The lowest BCUT2D eigenvalue weighted by atomic mass is 9.95. The van der Waals surface area contributed by atoms with Crippen LogP contribution in [0.15, 0.2) is 24.3 Å². The van der Waals surface area contributed by atoms with Crippen LogP contribution >= 0.6 is 0 Å². The highest BCUT2D eigenvalue weighted by Gasteiger charge is 2.44. The van der Waals surface area contributed by atoms with E-state index in [4.69, 9.17) is 10.5 Å². The van der Waals surface area contributed by atoms with E-state index in [1.807, 2.05) is 17.0 Å². The fourth-order valence-electron chi connectivity index (χ4n) is 3.33. The zero-order valence-electron chi connectivity index (χ0n) is 12.0.